The van der Waals surface area contributed by atoms with E-state index >= 15 is 0 Å². The molecule has 0 nitrogen and oxygen atoms in total. The molecule has 0 bridgehead atoms. The molecule has 29 heavy (non-hydrogen) atoms. The van der Waals surface area contributed by atoms with Gasteiger partial charge in [0.1, 0.15) is 0 Å². The molecule has 0 aromatic heterocycles. The van der Waals surface area contributed by atoms with Crippen LogP contribution in [0.4, 0.5) is 0 Å². The van der Waals surface area contributed by atoms with Crippen LogP contribution in [0.3, 0.4) is 0 Å². The topological polar surface area (TPSA) is 0 Å². The van der Waals surface area contributed by atoms with Gasteiger partial charge in [0.2, 0.25) is 0 Å². The van der Waals surface area contributed by atoms with Crippen LogP contribution >= 0.6 is 0 Å². The van der Waals surface area contributed by atoms with Crippen molar-refractivity contribution in [3.63, 3.8) is 0 Å². The van der Waals surface area contributed by atoms with Crippen molar-refractivity contribution in [1.82, 2.24) is 0 Å². The maximum atomic E-state index is 2.37. The van der Waals surface area contributed by atoms with E-state index in [-0.39, 0.29) is 36.9 Å². The van der Waals surface area contributed by atoms with Crippen molar-refractivity contribution in [3.8, 4) is 11.1 Å². The average Bonchev–Trinajstić information content (AvgIpc) is 3.11. The predicted molar refractivity (Wildman–Crippen MR) is 126 cm³/mol. The fraction of sp³-hybridized carbons (Fsp3) is 0.111. The van der Waals surface area contributed by atoms with E-state index in [1.165, 1.54) is 42.1 Å². The quantitative estimate of drug-likeness (QED) is 0.314. The Bertz CT molecular complexity index is 1060. The molecule has 0 amide bonds. The molecule has 0 aliphatic heterocycles. The van der Waals surface area contributed by atoms with Crippen molar-refractivity contribution in [2.45, 2.75) is 16.8 Å². The molecule has 0 saturated carbocycles. The van der Waals surface area contributed by atoms with Crippen LogP contribution in [0.5, 0.6) is 0 Å². The average molecular weight is 496 g/mol. The Balaban J connectivity index is 1.88. The zero-order chi connectivity index (χ0) is 19.8. The van der Waals surface area contributed by atoms with Crippen molar-refractivity contribution in [3.05, 3.63) is 119 Å². The molecule has 1 aliphatic carbocycles. The molecule has 2 radical (unpaired) electrons. The van der Waals surface area contributed by atoms with E-state index in [1.54, 1.807) is 0 Å². The molecule has 0 spiro atoms. The van der Waals surface area contributed by atoms with Crippen LogP contribution in [0.2, 0.25) is 11.4 Å². The van der Waals surface area contributed by atoms with E-state index < -0.39 is 0 Å². The minimum absolute atomic E-state index is 0.243. The van der Waals surface area contributed by atoms with Gasteiger partial charge < -0.3 is 0 Å². The number of benzene rings is 4. The molecule has 0 unspecified atom stereocenters. The van der Waals surface area contributed by atoms with E-state index in [0.717, 1.165) is 0 Å². The molecule has 5 rings (SSSR count). The number of fused-ring (bicyclic) bond motifs is 3. The molecule has 1 aliphatic rings. The summed E-state index contributed by atoms with van der Waals surface area (Å²) >= 11 is 0.487. The molecule has 0 N–H and O–H groups in total. The van der Waals surface area contributed by atoms with Crippen LogP contribution in [0.15, 0.2) is 97.1 Å². The number of hydrogen-bond donors (Lipinski definition) is 0. The second-order valence-corrected chi connectivity index (χ2v) is 11.4. The van der Waals surface area contributed by atoms with Gasteiger partial charge in [0.05, 0.1) is 0 Å². The molecule has 0 saturated heterocycles. The van der Waals surface area contributed by atoms with Gasteiger partial charge in [0.25, 0.3) is 0 Å². The molecule has 4 aromatic rings. The third kappa shape index (κ3) is 2.89. The number of hydrogen-bond acceptors (Lipinski definition) is 0. The van der Waals surface area contributed by atoms with E-state index in [9.17, 15) is 0 Å². The van der Waals surface area contributed by atoms with E-state index in [4.69, 9.17) is 0 Å². The van der Waals surface area contributed by atoms with Crippen LogP contribution in [-0.2, 0) is 5.41 Å². The summed E-state index contributed by atoms with van der Waals surface area (Å²) in [5.74, 6) is 0. The van der Waals surface area contributed by atoms with Crippen LogP contribution in [0, 0.1) is 0 Å². The summed E-state index contributed by atoms with van der Waals surface area (Å²) in [4.78, 5) is 0. The first kappa shape index (κ1) is 19.0. The zero-order valence-corrected chi connectivity index (χ0v) is 20.4. The van der Waals surface area contributed by atoms with Crippen LogP contribution in [-0.4, -0.2) is 31.5 Å². The van der Waals surface area contributed by atoms with E-state index in [2.05, 4.69) is 108 Å². The second kappa shape index (κ2) is 7.68. The maximum absolute atomic E-state index is 2.37. The van der Waals surface area contributed by atoms with Crippen molar-refractivity contribution >= 4 is 40.2 Å². The Labute approximate surface area is 186 Å². The van der Waals surface area contributed by atoms with Gasteiger partial charge in [-0.05, 0) is 0 Å². The molecule has 4 aromatic carbocycles. The van der Waals surface area contributed by atoms with Crippen LogP contribution < -0.4 is 8.70 Å². The SMILES string of the molecule is C[As]c1ccc(C2(c3ccc([As]C)cc3)c3ccccc3-c3ccccc32)cc1. The van der Waals surface area contributed by atoms with Gasteiger partial charge in [-0.2, -0.15) is 0 Å². The first-order valence-electron chi connectivity index (χ1n) is 9.89. The fourth-order valence-corrected chi connectivity index (χ4v) is 6.62. The van der Waals surface area contributed by atoms with Crippen LogP contribution in [0.1, 0.15) is 22.3 Å². The first-order chi connectivity index (χ1) is 14.3. The van der Waals surface area contributed by atoms with Gasteiger partial charge in [-0.15, -0.1) is 0 Å². The standard InChI is InChI=1S/C27H22As2/c1-28-21-15-11-19(12-16-21)27(20-13-17-22(29-2)18-14-20)25-9-5-3-7-23(25)24-8-4-6-10-26(24)27/h3-18H,1-2H3. The zero-order valence-electron chi connectivity index (χ0n) is 16.6. The van der Waals surface area contributed by atoms with Gasteiger partial charge in [-0.1, -0.05) is 0 Å². The third-order valence-electron chi connectivity index (χ3n) is 6.07. The summed E-state index contributed by atoms with van der Waals surface area (Å²) in [6.45, 7) is 0. The van der Waals surface area contributed by atoms with Gasteiger partial charge >= 0.3 is 187 Å². The van der Waals surface area contributed by atoms with Gasteiger partial charge in [0, 0.05) is 0 Å². The first-order valence-corrected chi connectivity index (χ1v) is 15.5. The van der Waals surface area contributed by atoms with E-state index in [0.29, 0.717) is 0 Å². The van der Waals surface area contributed by atoms with Crippen molar-refractivity contribution in [2.75, 3.05) is 0 Å². The molecular formula is C27H22As2. The third-order valence-corrected chi connectivity index (χ3v) is 9.49. The van der Waals surface area contributed by atoms with Crippen molar-refractivity contribution in [1.29, 1.82) is 0 Å². The summed E-state index contributed by atoms with van der Waals surface area (Å²) in [5.41, 5.74) is 12.6. The monoisotopic (exact) mass is 496 g/mol. The predicted octanol–water partition coefficient (Wildman–Crippen LogP) is 4.80. The molecule has 0 heterocycles. The van der Waals surface area contributed by atoms with Crippen molar-refractivity contribution in [2.24, 2.45) is 0 Å². The van der Waals surface area contributed by atoms with Gasteiger partial charge in [0.15, 0.2) is 0 Å². The molecular weight excluding hydrogens is 474 g/mol. The van der Waals surface area contributed by atoms with Crippen LogP contribution in [0.25, 0.3) is 11.1 Å². The Morgan fingerprint density at radius 1 is 0.483 bits per heavy atom. The normalized spacial score (nSPS) is 14.6. The molecule has 2 heteroatoms. The Morgan fingerprint density at radius 3 is 1.24 bits per heavy atom. The second-order valence-electron chi connectivity index (χ2n) is 7.38. The summed E-state index contributed by atoms with van der Waals surface area (Å²) in [5, 5.41) is 0. The fourth-order valence-electron chi connectivity index (χ4n) is 4.74. The Hall–Kier alpha value is -2.00. The minimum atomic E-state index is -0.251. The molecule has 0 atom stereocenters. The molecule has 140 valence electrons. The Morgan fingerprint density at radius 2 is 0.862 bits per heavy atom. The summed E-state index contributed by atoms with van der Waals surface area (Å²) < 4.78 is 2.95. The molecule has 0 fully saturated rings. The number of rotatable bonds is 4. The summed E-state index contributed by atoms with van der Waals surface area (Å²) in [6, 6.07) is 36.8. The van der Waals surface area contributed by atoms with Gasteiger partial charge in [-0.25, -0.2) is 0 Å². The summed E-state index contributed by atoms with van der Waals surface area (Å²) in [6.07, 6.45) is 0. The Kier molecular flexibility index (Phi) is 5.03. The van der Waals surface area contributed by atoms with Crippen molar-refractivity contribution < 1.29 is 0 Å². The summed E-state index contributed by atoms with van der Waals surface area (Å²) in [7, 11) is 0. The van der Waals surface area contributed by atoms with E-state index in [1.807, 2.05) is 0 Å². The van der Waals surface area contributed by atoms with Gasteiger partial charge in [-0.3, -0.25) is 0 Å².